The molecule has 1 aromatic heterocycles. The van der Waals surface area contributed by atoms with Gasteiger partial charge >= 0.3 is 0 Å². The molecule has 0 radical (unpaired) electrons. The molecule has 2 N–H and O–H groups in total. The number of rotatable bonds is 11. The highest BCUT2D eigenvalue weighted by Crippen LogP contribution is 2.36. The van der Waals surface area contributed by atoms with Gasteiger partial charge in [0, 0.05) is 30.1 Å². The van der Waals surface area contributed by atoms with Crippen LogP contribution < -0.4 is 19.9 Å². The SMILES string of the molecule is CCN(c1ccccc1)c1ncnc2cc(OC)c(OCCCCCC(=O)NO)cc12. The number of nitrogens with one attached hydrogen (secondary N) is 1. The molecule has 8 nitrogen and oxygen atoms in total. The Bertz CT molecular complexity index is 998. The number of unbranched alkanes of at least 4 members (excludes halogenated alkanes) is 2. The standard InChI is InChI=1S/C23H28N4O4/c1-3-27(17-10-6-4-7-11-17)23-18-14-21(20(30-2)15-19(18)24-16-25-23)31-13-9-5-8-12-22(28)26-29/h4,6-7,10-11,14-16,29H,3,5,8-9,12-13H2,1-2H3,(H,26,28). The van der Waals surface area contributed by atoms with Gasteiger partial charge in [0.2, 0.25) is 5.91 Å². The quantitative estimate of drug-likeness (QED) is 0.270. The monoisotopic (exact) mass is 424 g/mol. The van der Waals surface area contributed by atoms with Crippen LogP contribution in [0.4, 0.5) is 11.5 Å². The molecule has 0 spiro atoms. The zero-order valence-electron chi connectivity index (χ0n) is 17.9. The summed E-state index contributed by atoms with van der Waals surface area (Å²) in [4.78, 5) is 22.2. The molecule has 164 valence electrons. The Hall–Kier alpha value is -3.39. The molecule has 8 heteroatoms. The van der Waals surface area contributed by atoms with Crippen molar-refractivity contribution in [2.24, 2.45) is 0 Å². The Morgan fingerprint density at radius 1 is 1.10 bits per heavy atom. The van der Waals surface area contributed by atoms with Gasteiger partial charge in [-0.1, -0.05) is 18.2 Å². The number of para-hydroxylation sites is 1. The second-order valence-electron chi connectivity index (χ2n) is 6.99. The molecule has 3 aromatic rings. The molecule has 0 aliphatic rings. The number of anilines is 2. The second kappa shape index (κ2) is 11.1. The zero-order chi connectivity index (χ0) is 22.1. The molecule has 3 rings (SSSR count). The summed E-state index contributed by atoms with van der Waals surface area (Å²) < 4.78 is 11.5. The number of ether oxygens (including phenoxy) is 2. The molecule has 1 amide bonds. The van der Waals surface area contributed by atoms with Crippen molar-refractivity contribution in [2.45, 2.75) is 32.6 Å². The molecule has 31 heavy (non-hydrogen) atoms. The van der Waals surface area contributed by atoms with Crippen LogP contribution in [0.5, 0.6) is 11.5 Å². The summed E-state index contributed by atoms with van der Waals surface area (Å²) in [7, 11) is 1.60. The predicted octanol–water partition coefficient (Wildman–Crippen LogP) is 4.24. The minimum absolute atomic E-state index is 0.294. The summed E-state index contributed by atoms with van der Waals surface area (Å²) in [5.41, 5.74) is 3.47. The van der Waals surface area contributed by atoms with E-state index in [1.165, 1.54) is 0 Å². The molecule has 0 aliphatic carbocycles. The van der Waals surface area contributed by atoms with E-state index in [0.717, 1.165) is 41.8 Å². The first-order chi connectivity index (χ1) is 15.2. The maximum atomic E-state index is 11.1. The van der Waals surface area contributed by atoms with Crippen LogP contribution >= 0.6 is 0 Å². The third kappa shape index (κ3) is 5.61. The largest absolute Gasteiger partial charge is 0.493 e. The first-order valence-corrected chi connectivity index (χ1v) is 10.4. The minimum atomic E-state index is -0.372. The van der Waals surface area contributed by atoms with Gasteiger partial charge in [-0.2, -0.15) is 0 Å². The summed E-state index contributed by atoms with van der Waals surface area (Å²) in [6.07, 6.45) is 4.14. The van der Waals surface area contributed by atoms with E-state index in [1.54, 1.807) is 18.9 Å². The van der Waals surface area contributed by atoms with Gasteiger partial charge in [-0.05, 0) is 44.4 Å². The molecule has 1 heterocycles. The number of carbonyl (C=O) groups excluding carboxylic acids is 1. The number of amides is 1. The highest BCUT2D eigenvalue weighted by molar-refractivity contribution is 5.93. The molecule has 0 fully saturated rings. The summed E-state index contributed by atoms with van der Waals surface area (Å²) in [6.45, 7) is 3.32. The van der Waals surface area contributed by atoms with Crippen molar-refractivity contribution < 1.29 is 19.5 Å². The van der Waals surface area contributed by atoms with Gasteiger partial charge in [0.1, 0.15) is 12.1 Å². The second-order valence-corrected chi connectivity index (χ2v) is 6.99. The fraction of sp³-hybridized carbons (Fsp3) is 0.348. The highest BCUT2D eigenvalue weighted by atomic mass is 16.5. The molecule has 0 unspecified atom stereocenters. The summed E-state index contributed by atoms with van der Waals surface area (Å²) in [6, 6.07) is 13.9. The molecular weight excluding hydrogens is 396 g/mol. The van der Waals surface area contributed by atoms with E-state index in [9.17, 15) is 4.79 Å². The van der Waals surface area contributed by atoms with Crippen LogP contribution in [0.3, 0.4) is 0 Å². The summed E-state index contributed by atoms with van der Waals surface area (Å²) >= 11 is 0. The Morgan fingerprint density at radius 3 is 2.61 bits per heavy atom. The van der Waals surface area contributed by atoms with Crippen LogP contribution in [0.25, 0.3) is 10.9 Å². The van der Waals surface area contributed by atoms with Gasteiger partial charge in [-0.15, -0.1) is 0 Å². The molecular formula is C23H28N4O4. The molecule has 0 bridgehead atoms. The third-order valence-electron chi connectivity index (χ3n) is 4.97. The van der Waals surface area contributed by atoms with E-state index in [4.69, 9.17) is 14.7 Å². The average Bonchev–Trinajstić information content (AvgIpc) is 2.81. The Balaban J connectivity index is 1.80. The van der Waals surface area contributed by atoms with Crippen LogP contribution in [0, 0.1) is 0 Å². The normalized spacial score (nSPS) is 10.7. The van der Waals surface area contributed by atoms with Gasteiger partial charge in [0.25, 0.3) is 0 Å². The lowest BCUT2D eigenvalue weighted by atomic mass is 10.1. The fourth-order valence-electron chi connectivity index (χ4n) is 3.40. The third-order valence-corrected chi connectivity index (χ3v) is 4.97. The number of benzene rings is 2. The average molecular weight is 425 g/mol. The topological polar surface area (TPSA) is 96.8 Å². The van der Waals surface area contributed by atoms with Crippen molar-refractivity contribution in [3.63, 3.8) is 0 Å². The van der Waals surface area contributed by atoms with E-state index in [2.05, 4.69) is 33.9 Å². The number of fused-ring (bicyclic) bond motifs is 1. The van der Waals surface area contributed by atoms with Gasteiger partial charge < -0.3 is 14.4 Å². The van der Waals surface area contributed by atoms with Crippen LogP contribution in [-0.4, -0.2) is 41.3 Å². The number of nitrogens with zero attached hydrogens (tertiary/aromatic N) is 3. The van der Waals surface area contributed by atoms with Crippen molar-refractivity contribution in [2.75, 3.05) is 25.2 Å². The number of carbonyl (C=O) groups is 1. The highest BCUT2D eigenvalue weighted by Gasteiger charge is 2.16. The van der Waals surface area contributed by atoms with E-state index < -0.39 is 0 Å². The molecule has 0 saturated carbocycles. The molecule has 0 atom stereocenters. The number of hydrogen-bond donors (Lipinski definition) is 2. The Kier molecular flexibility index (Phi) is 8.00. The zero-order valence-corrected chi connectivity index (χ0v) is 17.9. The number of hydrogen-bond acceptors (Lipinski definition) is 7. The summed E-state index contributed by atoms with van der Waals surface area (Å²) in [5.74, 6) is 1.67. The van der Waals surface area contributed by atoms with Crippen LogP contribution in [0.2, 0.25) is 0 Å². The first-order valence-electron chi connectivity index (χ1n) is 10.4. The minimum Gasteiger partial charge on any atom is -0.493 e. The van der Waals surface area contributed by atoms with E-state index in [0.29, 0.717) is 30.9 Å². The van der Waals surface area contributed by atoms with Gasteiger partial charge in [0.05, 0.1) is 19.2 Å². The van der Waals surface area contributed by atoms with E-state index in [-0.39, 0.29) is 5.91 Å². The van der Waals surface area contributed by atoms with Gasteiger partial charge in [-0.3, -0.25) is 10.0 Å². The van der Waals surface area contributed by atoms with Crippen LogP contribution in [-0.2, 0) is 4.79 Å². The number of aromatic nitrogens is 2. The molecule has 0 aliphatic heterocycles. The predicted molar refractivity (Wildman–Crippen MR) is 119 cm³/mol. The first kappa shape index (κ1) is 22.3. The van der Waals surface area contributed by atoms with E-state index >= 15 is 0 Å². The maximum absolute atomic E-state index is 11.1. The van der Waals surface area contributed by atoms with Crippen molar-refractivity contribution in [1.82, 2.24) is 15.4 Å². The van der Waals surface area contributed by atoms with Crippen LogP contribution in [0.1, 0.15) is 32.6 Å². The molecule has 0 saturated heterocycles. The lowest BCUT2D eigenvalue weighted by Gasteiger charge is -2.23. The van der Waals surface area contributed by atoms with Gasteiger partial charge in [-0.25, -0.2) is 15.4 Å². The van der Waals surface area contributed by atoms with Crippen molar-refractivity contribution in [3.05, 3.63) is 48.8 Å². The molecule has 2 aromatic carbocycles. The van der Waals surface area contributed by atoms with E-state index in [1.807, 2.05) is 30.3 Å². The van der Waals surface area contributed by atoms with Crippen molar-refractivity contribution in [3.8, 4) is 11.5 Å². The maximum Gasteiger partial charge on any atom is 0.243 e. The Labute approximate surface area is 181 Å². The smallest absolute Gasteiger partial charge is 0.243 e. The lowest BCUT2D eigenvalue weighted by Crippen LogP contribution is -2.18. The fourth-order valence-corrected chi connectivity index (χ4v) is 3.40. The van der Waals surface area contributed by atoms with Crippen molar-refractivity contribution in [1.29, 1.82) is 0 Å². The lowest BCUT2D eigenvalue weighted by molar-refractivity contribution is -0.129. The van der Waals surface area contributed by atoms with Crippen LogP contribution in [0.15, 0.2) is 48.8 Å². The van der Waals surface area contributed by atoms with Crippen molar-refractivity contribution >= 4 is 28.3 Å². The number of methoxy groups -OCH3 is 1. The number of hydroxylamine groups is 1. The van der Waals surface area contributed by atoms with Gasteiger partial charge in [0.15, 0.2) is 11.5 Å². The summed E-state index contributed by atoms with van der Waals surface area (Å²) in [5, 5.41) is 9.41. The Morgan fingerprint density at radius 2 is 1.90 bits per heavy atom.